The number of urea groups is 1. The molecule has 0 spiro atoms. The number of nitrogens with zero attached hydrogens (tertiary/aromatic N) is 1. The Morgan fingerprint density at radius 3 is 2.62 bits per heavy atom. The number of hydrogen-bond donors (Lipinski definition) is 2. The minimum absolute atomic E-state index is 0.0449. The van der Waals surface area contributed by atoms with Gasteiger partial charge in [-0.25, -0.2) is 18.2 Å². The Labute approximate surface area is 146 Å². The van der Waals surface area contributed by atoms with Crippen LogP contribution in [0.1, 0.15) is 34.1 Å². The fourth-order valence-corrected chi connectivity index (χ4v) is 5.09. The number of sulfone groups is 1. The molecule has 1 atom stereocenters. The molecule has 2 rings (SSSR count). The first-order valence-corrected chi connectivity index (χ1v) is 10.4. The minimum atomic E-state index is -3.37. The van der Waals surface area contributed by atoms with E-state index in [1.165, 1.54) is 0 Å². The Balaban J connectivity index is 2.21. The molecule has 24 heavy (non-hydrogen) atoms. The first-order valence-electron chi connectivity index (χ1n) is 7.92. The molecule has 0 unspecified atom stereocenters. The largest absolute Gasteiger partial charge is 0.335 e. The summed E-state index contributed by atoms with van der Waals surface area (Å²) in [6.07, 6.45) is 0.846. The Kier molecular flexibility index (Phi) is 5.82. The van der Waals surface area contributed by atoms with Crippen molar-refractivity contribution in [2.45, 2.75) is 44.5 Å². The molecular formula is C16H23N3O3S2. The molecule has 0 fully saturated rings. The van der Waals surface area contributed by atoms with Crippen LogP contribution in [0.25, 0.3) is 10.2 Å². The van der Waals surface area contributed by atoms with Crippen molar-refractivity contribution in [1.29, 1.82) is 0 Å². The van der Waals surface area contributed by atoms with Crippen LogP contribution >= 0.6 is 11.3 Å². The standard InChI is InChI=1S/C16H23N3O3S2/c1-5-11(4)17-15(20)18-12-6-7-13-14(8-12)23-16(19-13)24(21,22)9-10(2)3/h6-8,10-11H,5,9H2,1-4H3,(H2,17,18,20)/t11-/m0/s1. The smallest absolute Gasteiger partial charge is 0.319 e. The number of hydrogen-bond acceptors (Lipinski definition) is 5. The van der Waals surface area contributed by atoms with E-state index in [1.54, 1.807) is 18.2 Å². The lowest BCUT2D eigenvalue weighted by molar-refractivity contribution is 0.249. The molecule has 2 aromatic rings. The van der Waals surface area contributed by atoms with Crippen molar-refractivity contribution < 1.29 is 13.2 Å². The molecule has 0 bridgehead atoms. The van der Waals surface area contributed by atoms with Gasteiger partial charge in [-0.1, -0.05) is 20.8 Å². The molecule has 8 heteroatoms. The van der Waals surface area contributed by atoms with Gasteiger partial charge in [-0.15, -0.1) is 11.3 Å². The third-order valence-corrected chi connectivity index (χ3v) is 6.99. The topological polar surface area (TPSA) is 88.2 Å². The number of nitrogens with one attached hydrogen (secondary N) is 2. The van der Waals surface area contributed by atoms with Gasteiger partial charge >= 0.3 is 6.03 Å². The first-order chi connectivity index (χ1) is 11.2. The monoisotopic (exact) mass is 369 g/mol. The zero-order valence-corrected chi connectivity index (χ0v) is 15.9. The predicted molar refractivity (Wildman–Crippen MR) is 98.4 cm³/mol. The van der Waals surface area contributed by atoms with Gasteiger partial charge in [-0.3, -0.25) is 0 Å². The molecule has 0 aliphatic heterocycles. The van der Waals surface area contributed by atoms with Crippen molar-refractivity contribution in [2.24, 2.45) is 5.92 Å². The van der Waals surface area contributed by atoms with E-state index < -0.39 is 9.84 Å². The van der Waals surface area contributed by atoms with Gasteiger partial charge in [0.25, 0.3) is 0 Å². The lowest BCUT2D eigenvalue weighted by Crippen LogP contribution is -2.35. The van der Waals surface area contributed by atoms with Gasteiger partial charge in [0.1, 0.15) is 0 Å². The maximum atomic E-state index is 12.3. The van der Waals surface area contributed by atoms with E-state index in [0.29, 0.717) is 11.2 Å². The van der Waals surface area contributed by atoms with Crippen LogP contribution in [0.3, 0.4) is 0 Å². The fourth-order valence-electron chi connectivity index (χ4n) is 2.12. The van der Waals surface area contributed by atoms with E-state index in [-0.39, 0.29) is 28.1 Å². The summed E-state index contributed by atoms with van der Waals surface area (Å²) in [5, 5.41) is 5.58. The number of benzene rings is 1. The lowest BCUT2D eigenvalue weighted by atomic mass is 10.2. The average Bonchev–Trinajstić information content (AvgIpc) is 2.89. The normalized spacial score (nSPS) is 13.2. The van der Waals surface area contributed by atoms with Gasteiger partial charge in [-0.05, 0) is 37.5 Å². The summed E-state index contributed by atoms with van der Waals surface area (Å²) in [4.78, 5) is 16.1. The summed E-state index contributed by atoms with van der Waals surface area (Å²) >= 11 is 1.14. The molecule has 0 saturated carbocycles. The van der Waals surface area contributed by atoms with E-state index >= 15 is 0 Å². The molecule has 1 aromatic carbocycles. The molecule has 0 radical (unpaired) electrons. The zero-order valence-electron chi connectivity index (χ0n) is 14.3. The first kappa shape index (κ1) is 18.7. The predicted octanol–water partition coefficient (Wildman–Crippen LogP) is 3.65. The van der Waals surface area contributed by atoms with Gasteiger partial charge in [0, 0.05) is 11.7 Å². The van der Waals surface area contributed by atoms with Crippen LogP contribution in [0.5, 0.6) is 0 Å². The van der Waals surface area contributed by atoms with Gasteiger partial charge in [0.15, 0.2) is 0 Å². The van der Waals surface area contributed by atoms with Crippen LogP contribution in [0.15, 0.2) is 22.5 Å². The Morgan fingerprint density at radius 2 is 2.00 bits per heavy atom. The maximum absolute atomic E-state index is 12.3. The van der Waals surface area contributed by atoms with Gasteiger partial charge in [-0.2, -0.15) is 0 Å². The van der Waals surface area contributed by atoms with Crippen molar-refractivity contribution in [3.8, 4) is 0 Å². The van der Waals surface area contributed by atoms with E-state index in [2.05, 4.69) is 15.6 Å². The quantitative estimate of drug-likeness (QED) is 0.813. The van der Waals surface area contributed by atoms with Crippen LogP contribution in [0.2, 0.25) is 0 Å². The summed E-state index contributed by atoms with van der Waals surface area (Å²) in [6, 6.07) is 5.00. The van der Waals surface area contributed by atoms with Gasteiger partial charge < -0.3 is 10.6 Å². The zero-order chi connectivity index (χ0) is 17.9. The molecule has 2 amide bonds. The molecule has 1 heterocycles. The molecule has 2 N–H and O–H groups in total. The molecular weight excluding hydrogens is 346 g/mol. The average molecular weight is 370 g/mol. The number of rotatable bonds is 6. The van der Waals surface area contributed by atoms with Crippen LogP contribution < -0.4 is 10.6 Å². The van der Waals surface area contributed by atoms with Crippen molar-refractivity contribution in [1.82, 2.24) is 10.3 Å². The maximum Gasteiger partial charge on any atom is 0.319 e. The second-order valence-electron chi connectivity index (χ2n) is 6.25. The molecule has 0 aliphatic carbocycles. The third-order valence-electron chi connectivity index (χ3n) is 3.44. The number of carbonyl (C=O) groups is 1. The van der Waals surface area contributed by atoms with E-state index in [4.69, 9.17) is 0 Å². The molecule has 6 nitrogen and oxygen atoms in total. The van der Waals surface area contributed by atoms with E-state index in [0.717, 1.165) is 22.5 Å². The minimum Gasteiger partial charge on any atom is -0.335 e. The summed E-state index contributed by atoms with van der Waals surface area (Å²) in [7, 11) is -3.37. The summed E-state index contributed by atoms with van der Waals surface area (Å²) in [6.45, 7) is 7.65. The number of thiazole rings is 1. The highest BCUT2D eigenvalue weighted by Crippen LogP contribution is 2.29. The molecule has 0 saturated heterocycles. The molecule has 0 aliphatic rings. The second-order valence-corrected chi connectivity index (χ2v) is 9.48. The molecule has 132 valence electrons. The highest BCUT2D eigenvalue weighted by Gasteiger charge is 2.21. The van der Waals surface area contributed by atoms with E-state index in [1.807, 2.05) is 27.7 Å². The van der Waals surface area contributed by atoms with Crippen molar-refractivity contribution in [3.05, 3.63) is 18.2 Å². The Morgan fingerprint density at radius 1 is 1.29 bits per heavy atom. The Hall–Kier alpha value is -1.67. The van der Waals surface area contributed by atoms with Crippen LogP contribution in [-0.2, 0) is 9.84 Å². The number of fused-ring (bicyclic) bond motifs is 1. The highest BCUT2D eigenvalue weighted by atomic mass is 32.2. The van der Waals surface area contributed by atoms with Crippen molar-refractivity contribution in [3.63, 3.8) is 0 Å². The number of amides is 2. The number of anilines is 1. The summed E-state index contributed by atoms with van der Waals surface area (Å²) < 4.78 is 25.5. The van der Waals surface area contributed by atoms with Crippen molar-refractivity contribution in [2.75, 3.05) is 11.1 Å². The molecule has 1 aromatic heterocycles. The lowest BCUT2D eigenvalue weighted by Gasteiger charge is -2.12. The SMILES string of the molecule is CC[C@H](C)NC(=O)Nc1ccc2nc(S(=O)(=O)CC(C)C)sc2c1. The summed E-state index contributed by atoms with van der Waals surface area (Å²) in [5.74, 6) is 0.124. The number of aromatic nitrogens is 1. The second kappa shape index (κ2) is 7.48. The highest BCUT2D eigenvalue weighted by molar-refractivity contribution is 7.93. The van der Waals surface area contributed by atoms with Crippen molar-refractivity contribution >= 4 is 43.1 Å². The van der Waals surface area contributed by atoms with Crippen LogP contribution in [-0.4, -0.2) is 31.2 Å². The number of carbonyl (C=O) groups excluding carboxylic acids is 1. The van der Waals surface area contributed by atoms with Crippen LogP contribution in [0, 0.1) is 5.92 Å². The van der Waals surface area contributed by atoms with Crippen LogP contribution in [0.4, 0.5) is 10.5 Å². The van der Waals surface area contributed by atoms with E-state index in [9.17, 15) is 13.2 Å². The Bertz CT molecular complexity index is 828. The summed E-state index contributed by atoms with van der Waals surface area (Å²) in [5.41, 5.74) is 1.23. The van der Waals surface area contributed by atoms with Gasteiger partial charge in [0.2, 0.25) is 14.2 Å². The fraction of sp³-hybridized carbons (Fsp3) is 0.500. The third kappa shape index (κ3) is 4.67. The van der Waals surface area contributed by atoms with Gasteiger partial charge in [0.05, 0.1) is 16.0 Å².